The topological polar surface area (TPSA) is 73.9 Å². The predicted molar refractivity (Wildman–Crippen MR) is 99.4 cm³/mol. The Morgan fingerprint density at radius 1 is 1.04 bits per heavy atom. The lowest BCUT2D eigenvalue weighted by Gasteiger charge is -2.60. The van der Waals surface area contributed by atoms with Gasteiger partial charge in [0.25, 0.3) is 0 Å². The van der Waals surface area contributed by atoms with Crippen LogP contribution >= 0.6 is 0 Å². The van der Waals surface area contributed by atoms with Crippen molar-refractivity contribution in [3.8, 4) is 11.5 Å². The minimum absolute atomic E-state index is 0.210. The fraction of sp³-hybridized carbons (Fsp3) is 0.700. The molecule has 1 aliphatic heterocycles. The van der Waals surface area contributed by atoms with Gasteiger partial charge in [0, 0.05) is 19.7 Å². The molecular weight excluding hydrogens is 366 g/mol. The summed E-state index contributed by atoms with van der Waals surface area (Å²) in [6, 6.07) is 4.79. The maximum Gasteiger partial charge on any atom is 0.240 e. The summed E-state index contributed by atoms with van der Waals surface area (Å²) >= 11 is 0. The van der Waals surface area contributed by atoms with Crippen LogP contribution in [0, 0.1) is 23.7 Å². The van der Waals surface area contributed by atoms with Crippen LogP contribution in [0.15, 0.2) is 23.1 Å². The van der Waals surface area contributed by atoms with Gasteiger partial charge in [0.15, 0.2) is 11.5 Å². The zero-order chi connectivity index (χ0) is 18.6. The molecular formula is C20H27NO5S. The molecule has 0 radical (unpaired) electrons. The van der Waals surface area contributed by atoms with E-state index < -0.39 is 10.0 Å². The first kappa shape index (κ1) is 17.8. The highest BCUT2D eigenvalue weighted by atomic mass is 32.2. The number of fused-ring (bicyclic) bond motifs is 1. The molecule has 5 aliphatic rings. The number of sulfonamides is 1. The van der Waals surface area contributed by atoms with Gasteiger partial charge in [-0.2, -0.15) is 0 Å². The quantitative estimate of drug-likeness (QED) is 0.832. The predicted octanol–water partition coefficient (Wildman–Crippen LogP) is 2.58. The summed E-state index contributed by atoms with van der Waals surface area (Å²) in [5, 5.41) is 0. The summed E-state index contributed by atoms with van der Waals surface area (Å²) in [4.78, 5) is 0.210. The van der Waals surface area contributed by atoms with Crippen molar-refractivity contribution in [1.29, 1.82) is 0 Å². The van der Waals surface area contributed by atoms with Gasteiger partial charge in [-0.15, -0.1) is 0 Å². The minimum Gasteiger partial charge on any atom is -0.486 e. The number of rotatable bonds is 5. The summed E-state index contributed by atoms with van der Waals surface area (Å²) in [6.45, 7) is 1.26. The number of ether oxygens (including phenoxy) is 3. The normalized spacial score (nSPS) is 36.8. The van der Waals surface area contributed by atoms with Crippen LogP contribution in [0.2, 0.25) is 0 Å². The first-order valence-electron chi connectivity index (χ1n) is 9.94. The fourth-order valence-electron chi connectivity index (χ4n) is 6.16. The van der Waals surface area contributed by atoms with E-state index in [4.69, 9.17) is 14.2 Å². The van der Waals surface area contributed by atoms with Crippen molar-refractivity contribution in [3.05, 3.63) is 18.2 Å². The highest BCUT2D eigenvalue weighted by molar-refractivity contribution is 7.89. The molecule has 0 saturated heterocycles. The molecule has 27 heavy (non-hydrogen) atoms. The Morgan fingerprint density at radius 2 is 1.67 bits per heavy atom. The van der Waals surface area contributed by atoms with Crippen LogP contribution in [0.3, 0.4) is 0 Å². The molecule has 0 amide bonds. The molecule has 148 valence electrons. The standard InChI is InChI=1S/C20H27NO5S/c1-24-20(15-7-13-6-14(9-15)10-16(20)8-13)12-21-27(22,23)17-2-3-18-19(11-17)26-5-4-25-18/h2-3,11,13-16,21H,4-10,12H2,1H3. The summed E-state index contributed by atoms with van der Waals surface area (Å²) in [5.74, 6) is 3.62. The third kappa shape index (κ3) is 2.86. The number of benzene rings is 1. The average Bonchev–Trinajstić information content (AvgIpc) is 2.67. The van der Waals surface area contributed by atoms with E-state index >= 15 is 0 Å². The van der Waals surface area contributed by atoms with Crippen LogP contribution in [-0.4, -0.2) is 40.9 Å². The van der Waals surface area contributed by atoms with Crippen LogP contribution in [-0.2, 0) is 14.8 Å². The van der Waals surface area contributed by atoms with Gasteiger partial charge in [-0.3, -0.25) is 0 Å². The van der Waals surface area contributed by atoms with Crippen LogP contribution < -0.4 is 14.2 Å². The van der Waals surface area contributed by atoms with E-state index in [1.807, 2.05) is 0 Å². The summed E-state index contributed by atoms with van der Waals surface area (Å²) < 4.78 is 45.8. The molecule has 4 bridgehead atoms. The van der Waals surface area contributed by atoms with Crippen LogP contribution in [0.1, 0.15) is 32.1 Å². The van der Waals surface area contributed by atoms with Crippen molar-refractivity contribution in [2.45, 2.75) is 42.6 Å². The zero-order valence-corrected chi connectivity index (χ0v) is 16.5. The van der Waals surface area contributed by atoms with Crippen molar-refractivity contribution in [3.63, 3.8) is 0 Å². The molecule has 0 atom stereocenters. The molecule has 0 aromatic heterocycles. The largest absolute Gasteiger partial charge is 0.486 e. The molecule has 0 spiro atoms. The average molecular weight is 394 g/mol. The Labute approximate surface area is 160 Å². The number of nitrogens with one attached hydrogen (secondary N) is 1. The van der Waals surface area contributed by atoms with Gasteiger partial charge < -0.3 is 14.2 Å². The molecule has 1 aromatic carbocycles. The van der Waals surface area contributed by atoms with Crippen molar-refractivity contribution < 1.29 is 22.6 Å². The van der Waals surface area contributed by atoms with Gasteiger partial charge in [0.05, 0.1) is 10.5 Å². The van der Waals surface area contributed by atoms with Crippen LogP contribution in [0.4, 0.5) is 0 Å². The van der Waals surface area contributed by atoms with Gasteiger partial charge in [-0.25, -0.2) is 13.1 Å². The maximum absolute atomic E-state index is 12.9. The summed E-state index contributed by atoms with van der Waals surface area (Å²) in [6.07, 6.45) is 6.05. The Morgan fingerprint density at radius 3 is 2.30 bits per heavy atom. The number of hydrogen-bond donors (Lipinski definition) is 1. The van der Waals surface area contributed by atoms with Gasteiger partial charge in [0.1, 0.15) is 13.2 Å². The third-order valence-electron chi connectivity index (χ3n) is 7.26. The first-order valence-corrected chi connectivity index (χ1v) is 11.4. The van der Waals surface area contributed by atoms with Crippen LogP contribution in [0.25, 0.3) is 0 Å². The monoisotopic (exact) mass is 393 g/mol. The smallest absolute Gasteiger partial charge is 0.240 e. The highest BCUT2D eigenvalue weighted by Gasteiger charge is 2.57. The lowest BCUT2D eigenvalue weighted by Crippen LogP contribution is -2.63. The molecule has 6 nitrogen and oxygen atoms in total. The maximum atomic E-state index is 12.9. The lowest BCUT2D eigenvalue weighted by atomic mass is 9.50. The fourth-order valence-corrected chi connectivity index (χ4v) is 7.25. The van der Waals surface area contributed by atoms with E-state index in [0.29, 0.717) is 43.1 Å². The molecule has 0 unspecified atom stereocenters. The van der Waals surface area contributed by atoms with Crippen molar-refractivity contribution in [2.24, 2.45) is 23.7 Å². The highest BCUT2D eigenvalue weighted by Crippen LogP contribution is 2.59. The molecule has 1 aromatic rings. The van der Waals surface area contributed by atoms with E-state index in [1.54, 1.807) is 25.3 Å². The van der Waals surface area contributed by atoms with E-state index in [1.165, 1.54) is 32.1 Å². The Bertz CT molecular complexity index is 809. The van der Waals surface area contributed by atoms with E-state index in [2.05, 4.69) is 4.72 Å². The number of methoxy groups -OCH3 is 1. The molecule has 1 N–H and O–H groups in total. The molecule has 4 saturated carbocycles. The second-order valence-corrected chi connectivity index (χ2v) is 10.4. The van der Waals surface area contributed by atoms with E-state index in [0.717, 1.165) is 11.8 Å². The van der Waals surface area contributed by atoms with Crippen LogP contribution in [0.5, 0.6) is 11.5 Å². The van der Waals surface area contributed by atoms with E-state index in [9.17, 15) is 8.42 Å². The van der Waals surface area contributed by atoms with Gasteiger partial charge in [-0.05, 0) is 67.9 Å². The summed E-state index contributed by atoms with van der Waals surface area (Å²) in [7, 11) is -1.89. The lowest BCUT2D eigenvalue weighted by molar-refractivity contribution is -0.185. The first-order chi connectivity index (χ1) is 13.0. The van der Waals surface area contributed by atoms with Crippen molar-refractivity contribution in [1.82, 2.24) is 4.72 Å². The second kappa shape index (κ2) is 6.36. The van der Waals surface area contributed by atoms with Gasteiger partial charge in [0.2, 0.25) is 10.0 Å². The molecule has 1 heterocycles. The minimum atomic E-state index is -3.64. The second-order valence-electron chi connectivity index (χ2n) is 8.59. The molecule has 4 aliphatic carbocycles. The Balaban J connectivity index is 1.37. The SMILES string of the molecule is COC1(CNS(=O)(=O)c2ccc3c(c2)OCCO3)C2CC3CC(C2)CC1C3. The Kier molecular flexibility index (Phi) is 4.18. The van der Waals surface area contributed by atoms with Crippen molar-refractivity contribution >= 4 is 10.0 Å². The Hall–Kier alpha value is -1.31. The molecule has 6 rings (SSSR count). The van der Waals surface area contributed by atoms with Gasteiger partial charge >= 0.3 is 0 Å². The molecule has 4 fully saturated rings. The molecule has 7 heteroatoms. The van der Waals surface area contributed by atoms with E-state index in [-0.39, 0.29) is 10.5 Å². The third-order valence-corrected chi connectivity index (χ3v) is 8.66. The number of hydrogen-bond acceptors (Lipinski definition) is 5. The van der Waals surface area contributed by atoms with Gasteiger partial charge in [-0.1, -0.05) is 0 Å². The zero-order valence-electron chi connectivity index (χ0n) is 15.6. The van der Waals surface area contributed by atoms with Crippen molar-refractivity contribution in [2.75, 3.05) is 26.9 Å². The summed E-state index contributed by atoms with van der Waals surface area (Å²) in [5.41, 5.74) is -0.367.